The lowest BCUT2D eigenvalue weighted by atomic mass is 10.2. The van der Waals surface area contributed by atoms with Crippen molar-refractivity contribution in [1.29, 1.82) is 0 Å². The Labute approximate surface area is 114 Å². The Balaban J connectivity index is 0.00000324. The van der Waals surface area contributed by atoms with Crippen molar-refractivity contribution in [2.45, 2.75) is 25.7 Å². The van der Waals surface area contributed by atoms with Crippen LogP contribution in [0.3, 0.4) is 0 Å². The molecule has 0 saturated carbocycles. The number of hydrogen-bond donors (Lipinski definition) is 2. The van der Waals surface area contributed by atoms with Gasteiger partial charge in [0.1, 0.15) is 0 Å². The second-order valence-electron chi connectivity index (χ2n) is 3.77. The van der Waals surface area contributed by atoms with E-state index in [9.17, 15) is 18.0 Å². The topological polar surface area (TPSA) is 64.4 Å². The normalized spacial score (nSPS) is 12.3. The molecule has 0 heterocycles. The highest BCUT2D eigenvalue weighted by atomic mass is 35.5. The molecule has 1 atom stereocenters. The van der Waals surface area contributed by atoms with Crippen molar-refractivity contribution in [3.63, 3.8) is 0 Å². The van der Waals surface area contributed by atoms with Crippen molar-refractivity contribution in [2.24, 2.45) is 5.73 Å². The molecule has 0 saturated heterocycles. The van der Waals surface area contributed by atoms with Crippen LogP contribution in [0.4, 0.5) is 18.9 Å². The van der Waals surface area contributed by atoms with Gasteiger partial charge in [-0.15, -0.1) is 25.6 Å². The fourth-order valence-corrected chi connectivity index (χ4v) is 1.28. The van der Waals surface area contributed by atoms with Crippen molar-refractivity contribution >= 4 is 24.0 Å². The molecule has 0 aliphatic heterocycles. The zero-order valence-electron chi connectivity index (χ0n) is 10.0. The van der Waals surface area contributed by atoms with Gasteiger partial charge in [-0.05, 0) is 19.1 Å². The first-order valence-electron chi connectivity index (χ1n) is 5.18. The SMILES string of the molecule is CC(N)CC(=O)Nc1ccccc1OC(F)(F)F.Cl. The maximum atomic E-state index is 12.1. The first-order valence-corrected chi connectivity index (χ1v) is 5.18. The molecule has 1 aromatic rings. The summed E-state index contributed by atoms with van der Waals surface area (Å²) in [4.78, 5) is 11.4. The van der Waals surface area contributed by atoms with Gasteiger partial charge in [-0.2, -0.15) is 0 Å². The Morgan fingerprint density at radius 1 is 1.42 bits per heavy atom. The number of amides is 1. The van der Waals surface area contributed by atoms with Gasteiger partial charge in [0.25, 0.3) is 0 Å². The van der Waals surface area contributed by atoms with Crippen LogP contribution in [0.1, 0.15) is 13.3 Å². The molecule has 1 aromatic carbocycles. The number of rotatable bonds is 4. The van der Waals surface area contributed by atoms with Crippen LogP contribution in [0.2, 0.25) is 0 Å². The van der Waals surface area contributed by atoms with Crippen LogP contribution < -0.4 is 15.8 Å². The van der Waals surface area contributed by atoms with Crippen molar-refractivity contribution in [3.8, 4) is 5.75 Å². The predicted octanol–water partition coefficient (Wildman–Crippen LogP) is 2.68. The predicted molar refractivity (Wildman–Crippen MR) is 67.3 cm³/mol. The van der Waals surface area contributed by atoms with Crippen LogP contribution >= 0.6 is 12.4 Å². The molecule has 0 radical (unpaired) electrons. The lowest BCUT2D eigenvalue weighted by Gasteiger charge is -2.14. The van der Waals surface area contributed by atoms with Crippen LogP contribution in [-0.2, 0) is 4.79 Å². The third-order valence-electron chi connectivity index (χ3n) is 1.89. The summed E-state index contributed by atoms with van der Waals surface area (Å²) in [6.07, 6.45) is -4.79. The summed E-state index contributed by atoms with van der Waals surface area (Å²) in [6.45, 7) is 1.62. The van der Waals surface area contributed by atoms with Gasteiger partial charge in [-0.3, -0.25) is 4.79 Å². The van der Waals surface area contributed by atoms with E-state index < -0.39 is 18.0 Å². The van der Waals surface area contributed by atoms with Gasteiger partial charge in [-0.25, -0.2) is 0 Å². The van der Waals surface area contributed by atoms with Crippen LogP contribution in [0.5, 0.6) is 5.75 Å². The molecule has 1 rings (SSSR count). The number of hydrogen-bond acceptors (Lipinski definition) is 3. The van der Waals surface area contributed by atoms with E-state index >= 15 is 0 Å². The van der Waals surface area contributed by atoms with Gasteiger partial charge in [0.2, 0.25) is 5.91 Å². The summed E-state index contributed by atoms with van der Waals surface area (Å²) in [7, 11) is 0. The molecule has 0 fully saturated rings. The monoisotopic (exact) mass is 298 g/mol. The minimum atomic E-state index is -4.80. The van der Waals surface area contributed by atoms with E-state index in [0.717, 1.165) is 6.07 Å². The maximum Gasteiger partial charge on any atom is 0.573 e. The van der Waals surface area contributed by atoms with E-state index in [2.05, 4.69) is 10.1 Å². The molecule has 1 unspecified atom stereocenters. The van der Waals surface area contributed by atoms with E-state index in [4.69, 9.17) is 5.73 Å². The molecule has 0 spiro atoms. The largest absolute Gasteiger partial charge is 0.573 e. The molecule has 0 aliphatic rings. The van der Waals surface area contributed by atoms with Crippen LogP contribution in [0, 0.1) is 0 Å². The van der Waals surface area contributed by atoms with Crippen molar-refractivity contribution in [1.82, 2.24) is 0 Å². The minimum Gasteiger partial charge on any atom is -0.404 e. The molecule has 3 N–H and O–H groups in total. The molecular weight excluding hydrogens is 285 g/mol. The molecular formula is C11H14ClF3N2O2. The highest BCUT2D eigenvalue weighted by Crippen LogP contribution is 2.29. The Bertz CT molecular complexity index is 425. The van der Waals surface area contributed by atoms with E-state index in [-0.39, 0.29) is 30.6 Å². The number of carbonyl (C=O) groups excluding carboxylic acids is 1. The minimum absolute atomic E-state index is 0. The Kier molecular flexibility index (Phi) is 6.64. The van der Waals surface area contributed by atoms with Crippen molar-refractivity contribution in [3.05, 3.63) is 24.3 Å². The lowest BCUT2D eigenvalue weighted by Crippen LogP contribution is -2.25. The lowest BCUT2D eigenvalue weighted by molar-refractivity contribution is -0.274. The molecule has 0 bridgehead atoms. The second-order valence-corrected chi connectivity index (χ2v) is 3.77. The zero-order chi connectivity index (χ0) is 13.8. The van der Waals surface area contributed by atoms with E-state index in [1.807, 2.05) is 0 Å². The van der Waals surface area contributed by atoms with E-state index in [1.54, 1.807) is 6.92 Å². The molecule has 1 amide bonds. The second kappa shape index (κ2) is 7.20. The van der Waals surface area contributed by atoms with Crippen LogP contribution in [-0.4, -0.2) is 18.3 Å². The summed E-state index contributed by atoms with van der Waals surface area (Å²) in [5.41, 5.74) is 5.37. The summed E-state index contributed by atoms with van der Waals surface area (Å²) in [5, 5.41) is 2.32. The summed E-state index contributed by atoms with van der Waals surface area (Å²) in [6, 6.07) is 4.93. The first-order chi connectivity index (χ1) is 8.28. The average molecular weight is 299 g/mol. The van der Waals surface area contributed by atoms with Crippen LogP contribution in [0.25, 0.3) is 0 Å². The van der Waals surface area contributed by atoms with E-state index in [1.165, 1.54) is 18.2 Å². The van der Waals surface area contributed by atoms with E-state index in [0.29, 0.717) is 0 Å². The maximum absolute atomic E-state index is 12.1. The van der Waals surface area contributed by atoms with Gasteiger partial charge in [0.15, 0.2) is 5.75 Å². The average Bonchev–Trinajstić information content (AvgIpc) is 2.17. The van der Waals surface area contributed by atoms with Gasteiger partial charge in [0, 0.05) is 12.5 Å². The number of benzene rings is 1. The van der Waals surface area contributed by atoms with Gasteiger partial charge in [-0.1, -0.05) is 12.1 Å². The van der Waals surface area contributed by atoms with Gasteiger partial charge in [0.05, 0.1) is 5.69 Å². The summed E-state index contributed by atoms with van der Waals surface area (Å²) < 4.78 is 40.1. The number of halogens is 4. The summed E-state index contributed by atoms with van der Waals surface area (Å²) >= 11 is 0. The summed E-state index contributed by atoms with van der Waals surface area (Å²) in [5.74, 6) is -0.925. The number of nitrogens with two attached hydrogens (primary N) is 1. The quantitative estimate of drug-likeness (QED) is 0.898. The molecule has 19 heavy (non-hydrogen) atoms. The fourth-order valence-electron chi connectivity index (χ4n) is 1.28. The van der Waals surface area contributed by atoms with Gasteiger partial charge < -0.3 is 15.8 Å². The fraction of sp³-hybridized carbons (Fsp3) is 0.364. The number of nitrogens with one attached hydrogen (secondary N) is 1. The Morgan fingerprint density at radius 2 is 2.00 bits per heavy atom. The smallest absolute Gasteiger partial charge is 0.404 e. The first kappa shape index (κ1) is 17.5. The highest BCUT2D eigenvalue weighted by Gasteiger charge is 2.32. The molecule has 0 aromatic heterocycles. The number of carbonyl (C=O) groups is 1. The van der Waals surface area contributed by atoms with Crippen LogP contribution in [0.15, 0.2) is 24.3 Å². The molecule has 108 valence electrons. The Morgan fingerprint density at radius 3 is 2.53 bits per heavy atom. The van der Waals surface area contributed by atoms with Crippen molar-refractivity contribution in [2.75, 3.05) is 5.32 Å². The van der Waals surface area contributed by atoms with Gasteiger partial charge >= 0.3 is 6.36 Å². The third-order valence-corrected chi connectivity index (χ3v) is 1.89. The van der Waals surface area contributed by atoms with Crippen molar-refractivity contribution < 1.29 is 22.7 Å². The molecule has 8 heteroatoms. The number of para-hydroxylation sites is 2. The zero-order valence-corrected chi connectivity index (χ0v) is 10.8. The molecule has 4 nitrogen and oxygen atoms in total. The highest BCUT2D eigenvalue weighted by molar-refractivity contribution is 5.92. The molecule has 0 aliphatic carbocycles. The number of ether oxygens (including phenoxy) is 1. The standard InChI is InChI=1S/C11H13F3N2O2.ClH/c1-7(15)6-10(17)16-8-4-2-3-5-9(8)18-11(12,13)14;/h2-5,7H,6,15H2,1H3,(H,16,17);1H. The number of alkyl halides is 3. The number of anilines is 1. The Hall–Kier alpha value is -1.47. The third kappa shape index (κ3) is 6.88.